The monoisotopic (exact) mass is 284 g/mol. The van der Waals surface area contributed by atoms with Crippen molar-refractivity contribution < 1.29 is 4.79 Å². The summed E-state index contributed by atoms with van der Waals surface area (Å²) in [5.41, 5.74) is 0.450. The smallest absolute Gasteiger partial charge is 0.242 e. The maximum Gasteiger partial charge on any atom is 0.242 e. The van der Waals surface area contributed by atoms with Crippen LogP contribution in [0.25, 0.3) is 0 Å². The predicted molar refractivity (Wildman–Crippen MR) is 83.5 cm³/mol. The van der Waals surface area contributed by atoms with Gasteiger partial charge in [-0.15, -0.1) is 0 Å². The summed E-state index contributed by atoms with van der Waals surface area (Å²) >= 11 is 0. The molecule has 3 heteroatoms. The Morgan fingerprint density at radius 3 is 2.38 bits per heavy atom. The molecule has 0 aliphatic heterocycles. The highest BCUT2D eigenvalue weighted by Gasteiger charge is 2.40. The minimum absolute atomic E-state index is 0.0165. The van der Waals surface area contributed by atoms with Crippen LogP contribution in [0.15, 0.2) is 30.3 Å². The molecule has 3 nitrogen and oxygen atoms in total. The van der Waals surface area contributed by atoms with Crippen molar-refractivity contribution in [2.45, 2.75) is 44.9 Å². The first-order valence-electron chi connectivity index (χ1n) is 7.89. The highest BCUT2D eigenvalue weighted by molar-refractivity contribution is 5.85. The lowest BCUT2D eigenvalue weighted by Crippen LogP contribution is -2.42. The van der Waals surface area contributed by atoms with E-state index in [1.54, 1.807) is 4.90 Å². The van der Waals surface area contributed by atoms with E-state index in [1.165, 1.54) is 5.56 Å². The normalized spacial score (nSPS) is 17.5. The lowest BCUT2D eigenvalue weighted by Gasteiger charge is -2.29. The van der Waals surface area contributed by atoms with Crippen LogP contribution in [0.3, 0.4) is 0 Å². The molecule has 2 rings (SSSR count). The molecule has 1 fully saturated rings. The van der Waals surface area contributed by atoms with Gasteiger partial charge in [-0.3, -0.25) is 4.79 Å². The quantitative estimate of drug-likeness (QED) is 0.794. The maximum atomic E-state index is 12.7. The molecule has 1 aliphatic carbocycles. The fraction of sp³-hybridized carbons (Fsp3) is 0.556. The van der Waals surface area contributed by atoms with E-state index in [9.17, 15) is 10.1 Å². The minimum atomic E-state index is -0.776. The van der Waals surface area contributed by atoms with E-state index in [2.05, 4.69) is 18.2 Å². The summed E-state index contributed by atoms with van der Waals surface area (Å²) in [6.07, 6.45) is 6.55. The van der Waals surface area contributed by atoms with E-state index < -0.39 is 5.41 Å². The predicted octanol–water partition coefficient (Wildman–Crippen LogP) is 3.55. The molecule has 0 spiro atoms. The lowest BCUT2D eigenvalue weighted by molar-refractivity contribution is -0.138. The van der Waals surface area contributed by atoms with Crippen LogP contribution in [-0.4, -0.2) is 24.4 Å². The van der Waals surface area contributed by atoms with Gasteiger partial charge < -0.3 is 4.90 Å². The summed E-state index contributed by atoms with van der Waals surface area (Å²) in [6.45, 7) is 0.673. The number of carbonyl (C=O) groups excluding carboxylic acids is 1. The van der Waals surface area contributed by atoms with E-state index in [0.717, 1.165) is 44.9 Å². The molecule has 21 heavy (non-hydrogen) atoms. The highest BCUT2D eigenvalue weighted by atomic mass is 16.2. The molecule has 0 N–H and O–H groups in total. The SMILES string of the molecule is CN(CCc1ccccc1)C(=O)C1(C#N)CCCCCC1. The van der Waals surface area contributed by atoms with Crippen molar-refractivity contribution in [3.05, 3.63) is 35.9 Å². The molecule has 0 atom stereocenters. The zero-order valence-electron chi connectivity index (χ0n) is 12.8. The first-order valence-corrected chi connectivity index (χ1v) is 7.89. The largest absolute Gasteiger partial charge is 0.344 e. The van der Waals surface area contributed by atoms with Gasteiger partial charge in [-0.25, -0.2) is 0 Å². The van der Waals surface area contributed by atoms with Crippen LogP contribution in [-0.2, 0) is 11.2 Å². The van der Waals surface area contributed by atoms with Crippen molar-refractivity contribution in [2.24, 2.45) is 5.41 Å². The van der Waals surface area contributed by atoms with Gasteiger partial charge in [0, 0.05) is 13.6 Å². The Balaban J connectivity index is 1.98. The van der Waals surface area contributed by atoms with Crippen LogP contribution < -0.4 is 0 Å². The minimum Gasteiger partial charge on any atom is -0.344 e. The molecule has 1 aromatic carbocycles. The fourth-order valence-corrected chi connectivity index (χ4v) is 3.11. The van der Waals surface area contributed by atoms with Gasteiger partial charge in [0.2, 0.25) is 5.91 Å². The van der Waals surface area contributed by atoms with E-state index in [0.29, 0.717) is 6.54 Å². The van der Waals surface area contributed by atoms with Crippen LogP contribution in [0.2, 0.25) is 0 Å². The first kappa shape index (κ1) is 15.6. The Morgan fingerprint density at radius 2 is 1.81 bits per heavy atom. The third kappa shape index (κ3) is 3.85. The van der Waals surface area contributed by atoms with Crippen molar-refractivity contribution in [2.75, 3.05) is 13.6 Å². The molecule has 1 aromatic rings. The number of hydrogen-bond donors (Lipinski definition) is 0. The van der Waals surface area contributed by atoms with Gasteiger partial charge >= 0.3 is 0 Å². The number of carbonyl (C=O) groups is 1. The van der Waals surface area contributed by atoms with Crippen molar-refractivity contribution in [1.82, 2.24) is 4.90 Å². The van der Waals surface area contributed by atoms with Gasteiger partial charge in [0.25, 0.3) is 0 Å². The van der Waals surface area contributed by atoms with E-state index >= 15 is 0 Å². The van der Waals surface area contributed by atoms with Crippen molar-refractivity contribution >= 4 is 5.91 Å². The van der Waals surface area contributed by atoms with Crippen LogP contribution in [0.1, 0.15) is 44.1 Å². The summed E-state index contributed by atoms with van der Waals surface area (Å²) in [4.78, 5) is 14.5. The van der Waals surface area contributed by atoms with Crippen molar-refractivity contribution in [3.8, 4) is 6.07 Å². The Kier molecular flexibility index (Phi) is 5.38. The van der Waals surface area contributed by atoms with Gasteiger partial charge in [0.05, 0.1) is 6.07 Å². The second kappa shape index (κ2) is 7.26. The maximum absolute atomic E-state index is 12.7. The average molecular weight is 284 g/mol. The Hall–Kier alpha value is -1.82. The highest BCUT2D eigenvalue weighted by Crippen LogP contribution is 2.36. The third-order valence-corrected chi connectivity index (χ3v) is 4.51. The number of rotatable bonds is 4. The molecular weight excluding hydrogens is 260 g/mol. The first-order chi connectivity index (χ1) is 10.2. The summed E-state index contributed by atoms with van der Waals surface area (Å²) in [7, 11) is 1.83. The number of amides is 1. The Bertz CT molecular complexity index is 496. The number of hydrogen-bond acceptors (Lipinski definition) is 2. The second-order valence-electron chi connectivity index (χ2n) is 6.07. The molecular formula is C18H24N2O. The zero-order chi connectivity index (χ0) is 15.1. The summed E-state index contributed by atoms with van der Waals surface area (Å²) in [5, 5.41) is 9.57. The van der Waals surface area contributed by atoms with E-state index in [1.807, 2.05) is 25.2 Å². The molecule has 1 amide bonds. The van der Waals surface area contributed by atoms with E-state index in [4.69, 9.17) is 0 Å². The van der Waals surface area contributed by atoms with Gasteiger partial charge in [-0.2, -0.15) is 5.26 Å². The van der Waals surface area contributed by atoms with Gasteiger partial charge in [0.15, 0.2) is 0 Å². The Morgan fingerprint density at radius 1 is 1.19 bits per heavy atom. The van der Waals surface area contributed by atoms with Gasteiger partial charge in [-0.05, 0) is 24.8 Å². The number of nitriles is 1. The summed E-state index contributed by atoms with van der Waals surface area (Å²) in [6, 6.07) is 12.5. The van der Waals surface area contributed by atoms with Crippen molar-refractivity contribution in [1.29, 1.82) is 5.26 Å². The molecule has 0 aromatic heterocycles. The van der Waals surface area contributed by atoms with Crippen molar-refractivity contribution in [3.63, 3.8) is 0 Å². The fourth-order valence-electron chi connectivity index (χ4n) is 3.11. The average Bonchev–Trinajstić information content (AvgIpc) is 2.79. The van der Waals surface area contributed by atoms with Crippen LogP contribution in [0.5, 0.6) is 0 Å². The van der Waals surface area contributed by atoms with Gasteiger partial charge in [-0.1, -0.05) is 56.0 Å². The molecule has 1 aliphatic rings. The number of benzene rings is 1. The summed E-state index contributed by atoms with van der Waals surface area (Å²) in [5.74, 6) is 0.0165. The molecule has 0 heterocycles. The standard InChI is InChI=1S/C18H24N2O/c1-20(14-11-16-9-5-4-6-10-16)17(21)18(15-19)12-7-2-3-8-13-18/h4-6,9-10H,2-3,7-8,11-14H2,1H3. The van der Waals surface area contributed by atoms with Crippen LogP contribution in [0.4, 0.5) is 0 Å². The second-order valence-corrected chi connectivity index (χ2v) is 6.07. The zero-order valence-corrected chi connectivity index (χ0v) is 12.8. The van der Waals surface area contributed by atoms with Crippen LogP contribution >= 0.6 is 0 Å². The van der Waals surface area contributed by atoms with Gasteiger partial charge in [0.1, 0.15) is 5.41 Å². The lowest BCUT2D eigenvalue weighted by atomic mass is 9.80. The topological polar surface area (TPSA) is 44.1 Å². The van der Waals surface area contributed by atoms with Crippen LogP contribution in [0, 0.1) is 16.7 Å². The number of nitrogens with zero attached hydrogens (tertiary/aromatic N) is 2. The molecule has 0 saturated heterocycles. The molecule has 0 bridgehead atoms. The summed E-state index contributed by atoms with van der Waals surface area (Å²) < 4.78 is 0. The molecule has 0 unspecified atom stereocenters. The number of likely N-dealkylation sites (N-methyl/N-ethyl adjacent to an activating group) is 1. The third-order valence-electron chi connectivity index (χ3n) is 4.51. The molecule has 1 saturated carbocycles. The Labute approximate surface area is 127 Å². The molecule has 0 radical (unpaired) electrons. The van der Waals surface area contributed by atoms with E-state index in [-0.39, 0.29) is 5.91 Å². The molecule has 112 valence electrons.